The van der Waals surface area contributed by atoms with Gasteiger partial charge in [-0.05, 0) is 30.2 Å². The molecule has 0 aliphatic rings. The number of nitrogens with one attached hydrogen (secondary N) is 1. The SMILES string of the molecule is CCC(C)C(Nc1ccc(Br)cc1)C(=O)OC. The molecule has 1 aromatic carbocycles. The summed E-state index contributed by atoms with van der Waals surface area (Å²) in [7, 11) is 1.42. The van der Waals surface area contributed by atoms with Crippen molar-refractivity contribution in [3.05, 3.63) is 28.7 Å². The minimum absolute atomic E-state index is 0.220. The number of ether oxygens (including phenoxy) is 1. The second-order valence-corrected chi connectivity index (χ2v) is 4.95. The van der Waals surface area contributed by atoms with Gasteiger partial charge in [0, 0.05) is 10.2 Å². The minimum atomic E-state index is -0.300. The highest BCUT2D eigenvalue weighted by Gasteiger charge is 2.24. The highest BCUT2D eigenvalue weighted by Crippen LogP contribution is 2.18. The molecule has 1 N–H and O–H groups in total. The summed E-state index contributed by atoms with van der Waals surface area (Å²) in [5.41, 5.74) is 0.920. The van der Waals surface area contributed by atoms with E-state index in [1.165, 1.54) is 7.11 Å². The molecule has 0 heterocycles. The molecular weight excluding hydrogens is 282 g/mol. The van der Waals surface area contributed by atoms with E-state index in [0.29, 0.717) is 0 Å². The first-order valence-corrected chi connectivity index (χ1v) is 6.47. The van der Waals surface area contributed by atoms with Crippen LogP contribution in [0.5, 0.6) is 0 Å². The second-order valence-electron chi connectivity index (χ2n) is 4.04. The van der Waals surface area contributed by atoms with Crippen LogP contribution in [0.1, 0.15) is 20.3 Å². The third kappa shape index (κ3) is 4.04. The number of hydrogen-bond donors (Lipinski definition) is 1. The van der Waals surface area contributed by atoms with Crippen LogP contribution in [0.25, 0.3) is 0 Å². The maximum Gasteiger partial charge on any atom is 0.328 e. The summed E-state index contributed by atoms with van der Waals surface area (Å²) in [5, 5.41) is 3.21. The lowest BCUT2D eigenvalue weighted by atomic mass is 9.99. The Kier molecular flexibility index (Phi) is 5.48. The Morgan fingerprint density at radius 3 is 2.47 bits per heavy atom. The zero-order valence-corrected chi connectivity index (χ0v) is 12.0. The molecule has 3 nitrogen and oxygen atoms in total. The quantitative estimate of drug-likeness (QED) is 0.846. The van der Waals surface area contributed by atoms with E-state index in [1.54, 1.807) is 0 Å². The van der Waals surface area contributed by atoms with Crippen LogP contribution in [-0.4, -0.2) is 19.1 Å². The van der Waals surface area contributed by atoms with E-state index >= 15 is 0 Å². The molecule has 0 bridgehead atoms. The third-order valence-corrected chi connectivity index (χ3v) is 3.36. The fourth-order valence-corrected chi connectivity index (χ4v) is 1.79. The predicted octanol–water partition coefficient (Wildman–Crippen LogP) is 3.45. The van der Waals surface area contributed by atoms with Crippen molar-refractivity contribution >= 4 is 27.6 Å². The van der Waals surface area contributed by atoms with Crippen LogP contribution >= 0.6 is 15.9 Å². The maximum absolute atomic E-state index is 11.7. The Hall–Kier alpha value is -1.03. The molecule has 17 heavy (non-hydrogen) atoms. The Bertz CT molecular complexity index is 364. The topological polar surface area (TPSA) is 38.3 Å². The van der Waals surface area contributed by atoms with E-state index in [4.69, 9.17) is 4.74 Å². The van der Waals surface area contributed by atoms with Crippen molar-refractivity contribution in [3.8, 4) is 0 Å². The van der Waals surface area contributed by atoms with E-state index in [0.717, 1.165) is 16.6 Å². The van der Waals surface area contributed by atoms with Crippen LogP contribution in [0.4, 0.5) is 5.69 Å². The normalized spacial score (nSPS) is 13.9. The summed E-state index contributed by atoms with van der Waals surface area (Å²) in [4.78, 5) is 11.7. The molecule has 0 saturated heterocycles. The third-order valence-electron chi connectivity index (χ3n) is 2.83. The molecule has 0 spiro atoms. The number of esters is 1. The van der Waals surface area contributed by atoms with Crippen molar-refractivity contribution in [2.75, 3.05) is 12.4 Å². The molecule has 4 heteroatoms. The van der Waals surface area contributed by atoms with Crippen molar-refractivity contribution in [1.29, 1.82) is 0 Å². The van der Waals surface area contributed by atoms with Gasteiger partial charge in [-0.2, -0.15) is 0 Å². The molecule has 0 aromatic heterocycles. The Labute approximate surface area is 111 Å². The predicted molar refractivity (Wildman–Crippen MR) is 73.0 cm³/mol. The summed E-state index contributed by atoms with van der Waals surface area (Å²) in [6.45, 7) is 4.09. The molecule has 94 valence electrons. The molecule has 0 aliphatic carbocycles. The number of carbonyl (C=O) groups excluding carboxylic acids is 1. The number of anilines is 1. The molecule has 0 saturated carbocycles. The standard InChI is InChI=1S/C13H18BrNO2/c1-4-9(2)12(13(16)17-3)15-11-7-5-10(14)6-8-11/h5-9,12,15H,4H2,1-3H3. The number of hydrogen-bond acceptors (Lipinski definition) is 3. The average molecular weight is 300 g/mol. The average Bonchev–Trinajstić information content (AvgIpc) is 2.36. The summed E-state index contributed by atoms with van der Waals surface area (Å²) < 4.78 is 5.84. The molecule has 2 unspecified atom stereocenters. The van der Waals surface area contributed by atoms with Crippen LogP contribution in [-0.2, 0) is 9.53 Å². The van der Waals surface area contributed by atoms with Crippen LogP contribution in [0.15, 0.2) is 28.7 Å². The van der Waals surface area contributed by atoms with Gasteiger partial charge < -0.3 is 10.1 Å². The molecule has 0 amide bonds. The monoisotopic (exact) mass is 299 g/mol. The summed E-state index contributed by atoms with van der Waals surface area (Å²) in [6, 6.07) is 7.44. The van der Waals surface area contributed by atoms with Gasteiger partial charge in [-0.25, -0.2) is 4.79 Å². The summed E-state index contributed by atoms with van der Waals surface area (Å²) in [5.74, 6) is 0.00775. The van der Waals surface area contributed by atoms with E-state index in [-0.39, 0.29) is 17.9 Å². The lowest BCUT2D eigenvalue weighted by molar-refractivity contribution is -0.142. The first-order chi connectivity index (χ1) is 8.08. The van der Waals surface area contributed by atoms with Crippen molar-refractivity contribution in [3.63, 3.8) is 0 Å². The second kappa shape index (κ2) is 6.64. The van der Waals surface area contributed by atoms with E-state index in [2.05, 4.69) is 28.2 Å². The van der Waals surface area contributed by atoms with Gasteiger partial charge in [0.25, 0.3) is 0 Å². The van der Waals surface area contributed by atoms with E-state index < -0.39 is 0 Å². The minimum Gasteiger partial charge on any atom is -0.467 e. The van der Waals surface area contributed by atoms with Crippen molar-refractivity contribution in [2.45, 2.75) is 26.3 Å². The number of carbonyl (C=O) groups is 1. The molecule has 0 fully saturated rings. The number of halogens is 1. The molecule has 0 radical (unpaired) electrons. The van der Waals surface area contributed by atoms with Gasteiger partial charge in [0.15, 0.2) is 0 Å². The number of methoxy groups -OCH3 is 1. The van der Waals surface area contributed by atoms with Gasteiger partial charge >= 0.3 is 5.97 Å². The van der Waals surface area contributed by atoms with E-state index in [9.17, 15) is 4.79 Å². The van der Waals surface area contributed by atoms with Crippen LogP contribution in [0.2, 0.25) is 0 Å². The van der Waals surface area contributed by atoms with Gasteiger partial charge in [-0.1, -0.05) is 36.2 Å². The molecule has 0 aliphatic heterocycles. The Morgan fingerprint density at radius 1 is 1.41 bits per heavy atom. The van der Waals surface area contributed by atoms with Crippen molar-refractivity contribution in [1.82, 2.24) is 0 Å². The van der Waals surface area contributed by atoms with Crippen LogP contribution < -0.4 is 5.32 Å². The number of rotatable bonds is 5. The molecule has 2 atom stereocenters. The highest BCUT2D eigenvalue weighted by atomic mass is 79.9. The zero-order chi connectivity index (χ0) is 12.8. The molecular formula is C13H18BrNO2. The smallest absolute Gasteiger partial charge is 0.328 e. The molecule has 1 aromatic rings. The van der Waals surface area contributed by atoms with Crippen LogP contribution in [0, 0.1) is 5.92 Å². The lowest BCUT2D eigenvalue weighted by Gasteiger charge is -2.22. The zero-order valence-electron chi connectivity index (χ0n) is 10.4. The van der Waals surface area contributed by atoms with Crippen molar-refractivity contribution in [2.24, 2.45) is 5.92 Å². The van der Waals surface area contributed by atoms with E-state index in [1.807, 2.05) is 31.2 Å². The van der Waals surface area contributed by atoms with Gasteiger partial charge in [0.1, 0.15) is 6.04 Å². The van der Waals surface area contributed by atoms with Gasteiger partial charge in [0.2, 0.25) is 0 Å². The first kappa shape index (κ1) is 14.0. The number of benzene rings is 1. The van der Waals surface area contributed by atoms with Crippen molar-refractivity contribution < 1.29 is 9.53 Å². The van der Waals surface area contributed by atoms with Gasteiger partial charge in [-0.15, -0.1) is 0 Å². The fraction of sp³-hybridized carbons (Fsp3) is 0.462. The Balaban J connectivity index is 2.78. The van der Waals surface area contributed by atoms with Gasteiger partial charge in [-0.3, -0.25) is 0 Å². The largest absolute Gasteiger partial charge is 0.467 e. The fourth-order valence-electron chi connectivity index (χ4n) is 1.52. The first-order valence-electron chi connectivity index (χ1n) is 5.68. The van der Waals surface area contributed by atoms with Gasteiger partial charge in [0.05, 0.1) is 7.11 Å². The highest BCUT2D eigenvalue weighted by molar-refractivity contribution is 9.10. The molecule has 1 rings (SSSR count). The summed E-state index contributed by atoms with van der Waals surface area (Å²) >= 11 is 3.38. The lowest BCUT2D eigenvalue weighted by Crippen LogP contribution is -2.36. The maximum atomic E-state index is 11.7. The summed E-state index contributed by atoms with van der Waals surface area (Å²) in [6.07, 6.45) is 0.920. The Morgan fingerprint density at radius 2 is 2.00 bits per heavy atom. The van der Waals surface area contributed by atoms with Crippen LogP contribution in [0.3, 0.4) is 0 Å².